The molecule has 0 amide bonds. The first-order chi connectivity index (χ1) is 18.1. The Morgan fingerprint density at radius 2 is 1.89 bits per heavy atom. The van der Waals surface area contributed by atoms with Crippen molar-refractivity contribution in [2.45, 2.75) is 81.1 Å². The SMILES string of the molecule is O=P(O)(O)C(COCC1CC1)[C@H](O)OC[C@H]1O[C@H](n2ncc3c(NC4CCCC4)nc(Cl)nc32)[C@H](O)[C@@H]1O. The van der Waals surface area contributed by atoms with Gasteiger partial charge in [-0.15, -0.1) is 0 Å². The number of fused-ring (bicyclic) bond motifs is 1. The van der Waals surface area contributed by atoms with Crippen molar-refractivity contribution in [2.24, 2.45) is 5.92 Å². The number of hydrogen-bond acceptors (Lipinski definition) is 11. The molecule has 2 aliphatic carbocycles. The minimum Gasteiger partial charge on any atom is -0.387 e. The van der Waals surface area contributed by atoms with Crippen LogP contribution in [-0.2, 0) is 18.8 Å². The minimum atomic E-state index is -4.76. The third-order valence-corrected chi connectivity index (χ3v) is 8.67. The third-order valence-electron chi connectivity index (χ3n) is 7.23. The van der Waals surface area contributed by atoms with Gasteiger partial charge in [0.15, 0.2) is 18.2 Å². The van der Waals surface area contributed by atoms with Crippen LogP contribution in [0.25, 0.3) is 11.0 Å². The second-order valence-electron chi connectivity index (χ2n) is 10.2. The van der Waals surface area contributed by atoms with Gasteiger partial charge in [0, 0.05) is 12.6 Å². The minimum absolute atomic E-state index is 0.0248. The van der Waals surface area contributed by atoms with Gasteiger partial charge >= 0.3 is 7.60 Å². The standard InChI is InChI=1S/C22H33ClN5O9P/c23-22-26-18(25-12-3-1-2-4-12)13-7-24-28(19(13)27-22)20-17(30)16(29)14(37-20)9-36-21(31)15(38(32,33)34)10-35-8-11-5-6-11/h7,11-12,14-17,20-21,29-31H,1-6,8-10H2,(H,25,26,27)(H2,32,33,34)/t14-,15?,16-,17-,20+,21-/m1/s1. The number of aliphatic hydroxyl groups is 3. The Morgan fingerprint density at radius 1 is 1.16 bits per heavy atom. The van der Waals surface area contributed by atoms with E-state index in [9.17, 15) is 29.7 Å². The molecular formula is C22H33ClN5O9P. The summed E-state index contributed by atoms with van der Waals surface area (Å²) in [5, 5.41) is 39.9. The zero-order valence-corrected chi connectivity index (χ0v) is 22.2. The molecule has 2 saturated carbocycles. The second-order valence-corrected chi connectivity index (χ2v) is 12.4. The van der Waals surface area contributed by atoms with E-state index in [2.05, 4.69) is 20.4 Å². The predicted octanol–water partition coefficient (Wildman–Crippen LogP) is 0.761. The summed E-state index contributed by atoms with van der Waals surface area (Å²) in [4.78, 5) is 27.8. The molecule has 38 heavy (non-hydrogen) atoms. The van der Waals surface area contributed by atoms with Crippen LogP contribution in [0, 0.1) is 5.92 Å². The molecule has 5 rings (SSSR count). The molecule has 0 radical (unpaired) electrons. The second kappa shape index (κ2) is 11.6. The van der Waals surface area contributed by atoms with E-state index in [1.54, 1.807) is 0 Å². The fraction of sp³-hybridized carbons (Fsp3) is 0.773. The van der Waals surface area contributed by atoms with Gasteiger partial charge in [0.2, 0.25) is 5.28 Å². The van der Waals surface area contributed by atoms with E-state index in [4.69, 9.17) is 25.8 Å². The van der Waals surface area contributed by atoms with Crippen LogP contribution in [0.1, 0.15) is 44.8 Å². The van der Waals surface area contributed by atoms with E-state index in [0.717, 1.165) is 38.5 Å². The van der Waals surface area contributed by atoms with Crippen LogP contribution in [0.4, 0.5) is 5.82 Å². The summed E-state index contributed by atoms with van der Waals surface area (Å²) in [6, 6.07) is 0.256. The van der Waals surface area contributed by atoms with Crippen molar-refractivity contribution in [2.75, 3.05) is 25.1 Å². The Kier molecular flexibility index (Phi) is 8.56. The smallest absolute Gasteiger partial charge is 0.336 e. The molecule has 3 heterocycles. The first-order valence-electron chi connectivity index (χ1n) is 12.7. The highest BCUT2D eigenvalue weighted by Crippen LogP contribution is 2.44. The van der Waals surface area contributed by atoms with Gasteiger partial charge in [-0.05, 0) is 43.2 Å². The lowest BCUT2D eigenvalue weighted by atomic mass is 10.1. The summed E-state index contributed by atoms with van der Waals surface area (Å²) in [5.74, 6) is 0.889. The lowest BCUT2D eigenvalue weighted by molar-refractivity contribution is -0.151. The summed E-state index contributed by atoms with van der Waals surface area (Å²) in [5.41, 5.74) is -1.32. The molecule has 3 fully saturated rings. The maximum absolute atomic E-state index is 11.9. The van der Waals surface area contributed by atoms with E-state index >= 15 is 0 Å². The predicted molar refractivity (Wildman–Crippen MR) is 133 cm³/mol. The van der Waals surface area contributed by atoms with Gasteiger partial charge in [-0.25, -0.2) is 4.68 Å². The average Bonchev–Trinajstić information content (AvgIpc) is 3.22. The fourth-order valence-corrected chi connectivity index (χ4v) is 5.70. The van der Waals surface area contributed by atoms with Gasteiger partial charge in [-0.2, -0.15) is 15.1 Å². The quantitative estimate of drug-likeness (QED) is 0.117. The van der Waals surface area contributed by atoms with Crippen LogP contribution in [0.15, 0.2) is 6.20 Å². The Labute approximate surface area is 223 Å². The highest BCUT2D eigenvalue weighted by Gasteiger charge is 2.46. The molecule has 1 aliphatic heterocycles. The van der Waals surface area contributed by atoms with Crippen LogP contribution in [0.2, 0.25) is 5.28 Å². The highest BCUT2D eigenvalue weighted by molar-refractivity contribution is 7.52. The average molecular weight is 578 g/mol. The first kappa shape index (κ1) is 28.1. The third kappa shape index (κ3) is 6.30. The van der Waals surface area contributed by atoms with Crippen molar-refractivity contribution in [3.05, 3.63) is 11.5 Å². The number of aromatic nitrogens is 4. The lowest BCUT2D eigenvalue weighted by Gasteiger charge is -2.25. The molecule has 14 nitrogen and oxygen atoms in total. The van der Waals surface area contributed by atoms with Crippen LogP contribution in [-0.4, -0.2) is 101 Å². The molecule has 3 aliphatic rings. The molecule has 0 spiro atoms. The molecule has 2 aromatic heterocycles. The van der Waals surface area contributed by atoms with Gasteiger partial charge in [-0.3, -0.25) is 4.57 Å². The summed E-state index contributed by atoms with van der Waals surface area (Å²) in [7, 11) is -4.76. The van der Waals surface area contributed by atoms with Gasteiger partial charge in [0.1, 0.15) is 29.8 Å². The Morgan fingerprint density at radius 3 is 2.58 bits per heavy atom. The monoisotopic (exact) mass is 577 g/mol. The number of rotatable bonds is 12. The number of ether oxygens (including phenoxy) is 3. The van der Waals surface area contributed by atoms with Gasteiger partial charge in [0.05, 0.1) is 24.8 Å². The van der Waals surface area contributed by atoms with E-state index < -0.39 is 57.3 Å². The number of hydrogen-bond donors (Lipinski definition) is 6. The van der Waals surface area contributed by atoms with E-state index in [1.165, 1.54) is 10.9 Å². The van der Waals surface area contributed by atoms with Crippen LogP contribution in [0.3, 0.4) is 0 Å². The zero-order valence-electron chi connectivity index (χ0n) is 20.5. The van der Waals surface area contributed by atoms with Gasteiger partial charge in [0.25, 0.3) is 0 Å². The van der Waals surface area contributed by atoms with Crippen LogP contribution < -0.4 is 5.32 Å². The largest absolute Gasteiger partial charge is 0.387 e. The normalized spacial score (nSPS) is 28.3. The molecule has 0 aromatic carbocycles. The number of halogens is 1. The fourth-order valence-electron chi connectivity index (χ4n) is 4.82. The molecule has 6 N–H and O–H groups in total. The molecule has 1 unspecified atom stereocenters. The molecule has 6 atom stereocenters. The van der Waals surface area contributed by atoms with Crippen molar-refractivity contribution < 1.29 is 43.9 Å². The summed E-state index contributed by atoms with van der Waals surface area (Å²) in [6.45, 7) is -0.498. The van der Waals surface area contributed by atoms with Crippen molar-refractivity contribution in [3.8, 4) is 0 Å². The highest BCUT2D eigenvalue weighted by atomic mass is 35.5. The Hall–Kier alpha value is -1.45. The van der Waals surface area contributed by atoms with E-state index in [1.807, 2.05) is 0 Å². The molecule has 16 heteroatoms. The number of aliphatic hydroxyl groups excluding tert-OH is 3. The van der Waals surface area contributed by atoms with Crippen molar-refractivity contribution in [3.63, 3.8) is 0 Å². The molecule has 2 aromatic rings. The molecule has 1 saturated heterocycles. The van der Waals surface area contributed by atoms with Gasteiger partial charge in [-0.1, -0.05) is 12.8 Å². The van der Waals surface area contributed by atoms with Crippen LogP contribution >= 0.6 is 19.2 Å². The van der Waals surface area contributed by atoms with Crippen LogP contribution in [0.5, 0.6) is 0 Å². The molecular weight excluding hydrogens is 545 g/mol. The van der Waals surface area contributed by atoms with Gasteiger partial charge < -0.3 is 44.6 Å². The van der Waals surface area contributed by atoms with Crippen molar-refractivity contribution >= 4 is 36.0 Å². The molecule has 212 valence electrons. The van der Waals surface area contributed by atoms with E-state index in [-0.39, 0.29) is 17.0 Å². The zero-order chi connectivity index (χ0) is 27.0. The first-order valence-corrected chi connectivity index (χ1v) is 14.8. The van der Waals surface area contributed by atoms with Crippen molar-refractivity contribution in [1.29, 1.82) is 0 Å². The van der Waals surface area contributed by atoms with Crippen molar-refractivity contribution in [1.82, 2.24) is 19.7 Å². The Bertz CT molecular complexity index is 1160. The Balaban J connectivity index is 1.25. The molecule has 0 bridgehead atoms. The number of nitrogens with zero attached hydrogens (tertiary/aromatic N) is 4. The maximum Gasteiger partial charge on any atom is 0.336 e. The maximum atomic E-state index is 11.9. The summed E-state index contributed by atoms with van der Waals surface area (Å²) < 4.78 is 29.6. The lowest BCUT2D eigenvalue weighted by Crippen LogP contribution is -2.38. The summed E-state index contributed by atoms with van der Waals surface area (Å²) in [6.07, 6.45) is 0.716. The number of anilines is 1. The van der Waals surface area contributed by atoms with E-state index in [0.29, 0.717) is 23.7 Å². The summed E-state index contributed by atoms with van der Waals surface area (Å²) >= 11 is 6.17. The topological polar surface area (TPSA) is 202 Å². The number of nitrogens with one attached hydrogen (secondary N) is 1.